The van der Waals surface area contributed by atoms with Crippen molar-refractivity contribution in [1.82, 2.24) is 0 Å². The lowest BCUT2D eigenvalue weighted by Crippen LogP contribution is -1.97. The minimum absolute atomic E-state index is 0.556. The van der Waals surface area contributed by atoms with Gasteiger partial charge in [-0.05, 0) is 48.7 Å². The third-order valence-electron chi connectivity index (χ3n) is 3.70. The van der Waals surface area contributed by atoms with Gasteiger partial charge >= 0.3 is 0 Å². The Bertz CT molecular complexity index is 597. The first-order chi connectivity index (χ1) is 10.1. The molecular formula is C16H17F2NOS. The Balaban J connectivity index is 1.53. The fraction of sp³-hybridized carbons (Fsp3) is 0.375. The summed E-state index contributed by atoms with van der Waals surface area (Å²) in [7, 11) is 0. The van der Waals surface area contributed by atoms with Crippen LogP contribution in [0.1, 0.15) is 30.8 Å². The van der Waals surface area contributed by atoms with Crippen LogP contribution in [0.3, 0.4) is 0 Å². The van der Waals surface area contributed by atoms with E-state index in [4.69, 9.17) is 4.42 Å². The summed E-state index contributed by atoms with van der Waals surface area (Å²) in [5.74, 6) is 0.912. The molecule has 0 spiro atoms. The molecule has 1 saturated carbocycles. The molecule has 0 bridgehead atoms. The highest BCUT2D eigenvalue weighted by Crippen LogP contribution is 2.47. The molecular weight excluding hydrogens is 292 g/mol. The lowest BCUT2D eigenvalue weighted by molar-refractivity contribution is 0.252. The fourth-order valence-electron chi connectivity index (χ4n) is 2.35. The van der Waals surface area contributed by atoms with Crippen molar-refractivity contribution in [3.05, 3.63) is 47.9 Å². The normalized spacial score (nSPS) is 20.8. The zero-order chi connectivity index (χ0) is 14.8. The molecule has 112 valence electrons. The number of alkyl halides is 2. The number of nitrogens with one attached hydrogen (secondary N) is 1. The molecule has 0 aliphatic heterocycles. The first-order valence-corrected chi connectivity index (χ1v) is 7.87. The lowest BCUT2D eigenvalue weighted by atomic mass is 10.3. The van der Waals surface area contributed by atoms with E-state index in [0.717, 1.165) is 23.1 Å². The molecule has 1 aromatic carbocycles. The summed E-state index contributed by atoms with van der Waals surface area (Å²) >= 11 is 0.556. The highest BCUT2D eigenvalue weighted by atomic mass is 32.2. The van der Waals surface area contributed by atoms with Crippen molar-refractivity contribution in [3.63, 3.8) is 0 Å². The van der Waals surface area contributed by atoms with Crippen molar-refractivity contribution in [3.8, 4) is 0 Å². The van der Waals surface area contributed by atoms with E-state index in [1.165, 1.54) is 6.42 Å². The first kappa shape index (κ1) is 14.4. The molecule has 3 rings (SSSR count). The van der Waals surface area contributed by atoms with Crippen LogP contribution in [0.15, 0.2) is 45.7 Å². The Morgan fingerprint density at radius 2 is 1.95 bits per heavy atom. The summed E-state index contributed by atoms with van der Waals surface area (Å²) in [6.07, 6.45) is 1.21. The second-order valence-electron chi connectivity index (χ2n) is 5.38. The van der Waals surface area contributed by atoms with Gasteiger partial charge in [-0.2, -0.15) is 8.78 Å². The molecule has 0 radical (unpaired) electrons. The Morgan fingerprint density at radius 3 is 2.57 bits per heavy atom. The van der Waals surface area contributed by atoms with Crippen LogP contribution in [0.5, 0.6) is 0 Å². The van der Waals surface area contributed by atoms with Crippen molar-refractivity contribution in [1.29, 1.82) is 0 Å². The third kappa shape index (κ3) is 3.79. The molecule has 2 atom stereocenters. The molecule has 1 aromatic heterocycles. The monoisotopic (exact) mass is 309 g/mol. The zero-order valence-electron chi connectivity index (χ0n) is 11.7. The number of thioether (sulfide) groups is 1. The van der Waals surface area contributed by atoms with Gasteiger partial charge in [0.15, 0.2) is 0 Å². The molecule has 0 saturated heterocycles. The van der Waals surface area contributed by atoms with E-state index in [1.807, 2.05) is 12.1 Å². The van der Waals surface area contributed by atoms with Gasteiger partial charge in [0.05, 0.1) is 6.54 Å². The quantitative estimate of drug-likeness (QED) is 0.730. The maximum absolute atomic E-state index is 12.2. The standard InChI is InChI=1S/C16H17F2NOS/c1-10-8-14(10)15-7-4-12(20-15)9-19-11-2-5-13(6-3-11)21-16(17)18/h2-7,10,14,16,19H,8-9H2,1H3. The van der Waals surface area contributed by atoms with Gasteiger partial charge in [-0.15, -0.1) is 0 Å². The summed E-state index contributed by atoms with van der Waals surface area (Å²) in [4.78, 5) is 0.568. The molecule has 5 heteroatoms. The largest absolute Gasteiger partial charge is 0.464 e. The second kappa shape index (κ2) is 6.10. The number of rotatable bonds is 6. The van der Waals surface area contributed by atoms with Gasteiger partial charge < -0.3 is 9.73 Å². The average molecular weight is 309 g/mol. The van der Waals surface area contributed by atoms with Crippen LogP contribution >= 0.6 is 11.8 Å². The average Bonchev–Trinajstić information content (AvgIpc) is 3.00. The molecule has 2 unspecified atom stereocenters. The molecule has 1 fully saturated rings. The van der Waals surface area contributed by atoms with E-state index in [0.29, 0.717) is 29.1 Å². The van der Waals surface area contributed by atoms with Crippen LogP contribution in [0.4, 0.5) is 14.5 Å². The molecule has 1 aliphatic carbocycles. The number of furan rings is 1. The van der Waals surface area contributed by atoms with Crippen molar-refractivity contribution in [2.75, 3.05) is 5.32 Å². The van der Waals surface area contributed by atoms with Gasteiger partial charge in [0, 0.05) is 16.5 Å². The van der Waals surface area contributed by atoms with E-state index in [9.17, 15) is 8.78 Å². The van der Waals surface area contributed by atoms with Crippen LogP contribution in [0.2, 0.25) is 0 Å². The summed E-state index contributed by atoms with van der Waals surface area (Å²) in [6.45, 7) is 2.83. The van der Waals surface area contributed by atoms with Crippen molar-refractivity contribution < 1.29 is 13.2 Å². The SMILES string of the molecule is CC1CC1c1ccc(CNc2ccc(SC(F)F)cc2)o1. The van der Waals surface area contributed by atoms with Crippen LogP contribution in [0, 0.1) is 5.92 Å². The topological polar surface area (TPSA) is 25.2 Å². The molecule has 0 amide bonds. The molecule has 1 aliphatic rings. The second-order valence-corrected chi connectivity index (χ2v) is 6.44. The summed E-state index contributed by atoms with van der Waals surface area (Å²) in [5.41, 5.74) is 0.895. The van der Waals surface area contributed by atoms with Crippen LogP contribution < -0.4 is 5.32 Å². The smallest absolute Gasteiger partial charge is 0.288 e. The van der Waals surface area contributed by atoms with Crippen LogP contribution in [0.25, 0.3) is 0 Å². The summed E-state index contributed by atoms with van der Waals surface area (Å²) < 4.78 is 30.3. The van der Waals surface area contributed by atoms with Gasteiger partial charge in [-0.25, -0.2) is 0 Å². The predicted molar refractivity (Wildman–Crippen MR) is 80.9 cm³/mol. The Morgan fingerprint density at radius 1 is 1.24 bits per heavy atom. The van der Waals surface area contributed by atoms with E-state index < -0.39 is 5.76 Å². The molecule has 2 nitrogen and oxygen atoms in total. The predicted octanol–water partition coefficient (Wildman–Crippen LogP) is 5.33. The fourth-order valence-corrected chi connectivity index (χ4v) is 2.85. The maximum atomic E-state index is 12.2. The van der Waals surface area contributed by atoms with E-state index in [2.05, 4.69) is 12.2 Å². The van der Waals surface area contributed by atoms with Crippen LogP contribution in [-0.4, -0.2) is 5.76 Å². The van der Waals surface area contributed by atoms with Gasteiger partial charge in [0.1, 0.15) is 11.5 Å². The van der Waals surface area contributed by atoms with Gasteiger partial charge in [-0.1, -0.05) is 18.7 Å². The van der Waals surface area contributed by atoms with Gasteiger partial charge in [0.25, 0.3) is 5.76 Å². The third-order valence-corrected chi connectivity index (χ3v) is 4.43. The van der Waals surface area contributed by atoms with Crippen molar-refractivity contribution in [2.45, 2.75) is 36.5 Å². The summed E-state index contributed by atoms with van der Waals surface area (Å²) in [6, 6.07) is 11.0. The van der Waals surface area contributed by atoms with Crippen molar-refractivity contribution in [2.24, 2.45) is 5.92 Å². The van der Waals surface area contributed by atoms with Crippen molar-refractivity contribution >= 4 is 17.4 Å². The Hall–Kier alpha value is -1.49. The number of hydrogen-bond acceptors (Lipinski definition) is 3. The Labute approximate surface area is 126 Å². The number of hydrogen-bond donors (Lipinski definition) is 1. The molecule has 1 N–H and O–H groups in total. The number of anilines is 1. The van der Waals surface area contributed by atoms with Crippen LogP contribution in [-0.2, 0) is 6.54 Å². The van der Waals surface area contributed by atoms with E-state index >= 15 is 0 Å². The van der Waals surface area contributed by atoms with E-state index in [1.54, 1.807) is 24.3 Å². The van der Waals surface area contributed by atoms with E-state index in [-0.39, 0.29) is 0 Å². The minimum atomic E-state index is -2.38. The maximum Gasteiger partial charge on any atom is 0.288 e. The Kier molecular flexibility index (Phi) is 4.19. The molecule has 21 heavy (non-hydrogen) atoms. The highest BCUT2D eigenvalue weighted by molar-refractivity contribution is 7.99. The van der Waals surface area contributed by atoms with Gasteiger partial charge in [-0.3, -0.25) is 0 Å². The zero-order valence-corrected chi connectivity index (χ0v) is 12.5. The highest BCUT2D eigenvalue weighted by Gasteiger charge is 2.36. The summed E-state index contributed by atoms with van der Waals surface area (Å²) in [5, 5.41) is 3.23. The van der Waals surface area contributed by atoms with Gasteiger partial charge in [0.2, 0.25) is 0 Å². The number of benzene rings is 1. The first-order valence-electron chi connectivity index (χ1n) is 6.99. The number of halogens is 2. The molecule has 1 heterocycles. The molecule has 2 aromatic rings. The minimum Gasteiger partial charge on any atom is -0.464 e. The lowest BCUT2D eigenvalue weighted by Gasteiger charge is -2.06.